The number of nitrogens with one attached hydrogen (secondary N) is 1. The van der Waals surface area contributed by atoms with E-state index in [1.807, 2.05) is 0 Å². The molecule has 1 N–H and O–H groups in total. The molecule has 9 nitrogen and oxygen atoms in total. The Morgan fingerprint density at radius 3 is 2.38 bits per heavy atom. The van der Waals surface area contributed by atoms with E-state index in [0.29, 0.717) is 11.1 Å². The molecule has 1 fully saturated rings. The number of hydrogen-bond donors (Lipinski definition) is 1. The topological polar surface area (TPSA) is 111 Å². The van der Waals surface area contributed by atoms with Crippen molar-refractivity contribution in [3.05, 3.63) is 63.2 Å². The number of nitrogens with zero attached hydrogens (tertiary/aromatic N) is 2. The van der Waals surface area contributed by atoms with Gasteiger partial charge < -0.3 is 19.7 Å². The Balaban J connectivity index is 1.72. The van der Waals surface area contributed by atoms with Gasteiger partial charge in [0.25, 0.3) is 17.5 Å². The highest BCUT2D eigenvalue weighted by Crippen LogP contribution is 2.35. The molecule has 1 heterocycles. The predicted octanol–water partition coefficient (Wildman–Crippen LogP) is 3.37. The number of halogens is 2. The molecule has 0 spiro atoms. The number of benzene rings is 2. The minimum atomic E-state index is -3.22. The van der Waals surface area contributed by atoms with Crippen molar-refractivity contribution in [2.75, 3.05) is 20.2 Å². The summed E-state index contributed by atoms with van der Waals surface area (Å²) in [5.74, 6) is -1.64. The number of likely N-dealkylation sites (tertiary alicyclic amines) is 1. The highest BCUT2D eigenvalue weighted by Gasteiger charge is 2.26. The highest BCUT2D eigenvalue weighted by molar-refractivity contribution is 5.99. The summed E-state index contributed by atoms with van der Waals surface area (Å²) in [6.07, 6.45) is 1.98. The Morgan fingerprint density at radius 2 is 1.81 bits per heavy atom. The molecule has 2 aromatic carbocycles. The fourth-order valence-corrected chi connectivity index (χ4v) is 3.38. The van der Waals surface area contributed by atoms with Gasteiger partial charge in [-0.2, -0.15) is 8.78 Å². The van der Waals surface area contributed by atoms with Crippen LogP contribution in [0.2, 0.25) is 0 Å². The molecule has 32 heavy (non-hydrogen) atoms. The Morgan fingerprint density at radius 1 is 1.16 bits per heavy atom. The number of carbonyl (C=O) groups is 2. The van der Waals surface area contributed by atoms with Crippen LogP contribution < -0.4 is 14.8 Å². The molecule has 0 aliphatic carbocycles. The van der Waals surface area contributed by atoms with Gasteiger partial charge in [0, 0.05) is 31.3 Å². The van der Waals surface area contributed by atoms with Crippen LogP contribution in [0.4, 0.5) is 14.5 Å². The van der Waals surface area contributed by atoms with Gasteiger partial charge in [0.1, 0.15) is 5.56 Å². The number of methoxy groups -OCH3 is 1. The van der Waals surface area contributed by atoms with Gasteiger partial charge in [-0.1, -0.05) is 12.1 Å². The second-order valence-corrected chi connectivity index (χ2v) is 7.03. The van der Waals surface area contributed by atoms with E-state index in [0.717, 1.165) is 45.2 Å². The van der Waals surface area contributed by atoms with Crippen LogP contribution in [0.3, 0.4) is 0 Å². The second-order valence-electron chi connectivity index (χ2n) is 7.03. The zero-order chi connectivity index (χ0) is 23.3. The summed E-state index contributed by atoms with van der Waals surface area (Å²) in [5, 5.41) is 13.9. The number of alkyl halides is 2. The fourth-order valence-electron chi connectivity index (χ4n) is 3.38. The zero-order valence-electron chi connectivity index (χ0n) is 17.2. The molecule has 11 heteroatoms. The molecule has 0 unspecified atom stereocenters. The predicted molar refractivity (Wildman–Crippen MR) is 109 cm³/mol. The molecule has 1 saturated heterocycles. The number of ether oxygens (including phenoxy) is 2. The average molecular weight is 449 g/mol. The van der Waals surface area contributed by atoms with Gasteiger partial charge in [0.05, 0.1) is 18.1 Å². The maximum absolute atomic E-state index is 12.6. The molecular weight excluding hydrogens is 428 g/mol. The van der Waals surface area contributed by atoms with E-state index in [4.69, 9.17) is 4.74 Å². The van der Waals surface area contributed by atoms with Gasteiger partial charge >= 0.3 is 6.61 Å². The van der Waals surface area contributed by atoms with E-state index >= 15 is 0 Å². The van der Waals surface area contributed by atoms with E-state index in [-0.39, 0.29) is 23.8 Å². The summed E-state index contributed by atoms with van der Waals surface area (Å²) in [6.45, 7) is -1.71. The number of nitro benzene ring substituents is 1. The Kier molecular flexibility index (Phi) is 7.18. The molecule has 3 rings (SSSR count). The van der Waals surface area contributed by atoms with Gasteiger partial charge in [0.15, 0.2) is 11.5 Å². The first-order chi connectivity index (χ1) is 15.3. The lowest BCUT2D eigenvalue weighted by molar-refractivity contribution is -0.385. The first kappa shape index (κ1) is 22.9. The van der Waals surface area contributed by atoms with Crippen LogP contribution in [0.15, 0.2) is 36.4 Å². The van der Waals surface area contributed by atoms with Crippen molar-refractivity contribution in [2.24, 2.45) is 0 Å². The molecule has 0 radical (unpaired) electrons. The van der Waals surface area contributed by atoms with Crippen molar-refractivity contribution in [3.63, 3.8) is 0 Å². The third kappa shape index (κ3) is 5.29. The quantitative estimate of drug-likeness (QED) is 0.489. The van der Waals surface area contributed by atoms with Gasteiger partial charge in [-0.05, 0) is 30.5 Å². The first-order valence-corrected chi connectivity index (χ1v) is 9.77. The molecule has 2 aromatic rings. The summed E-state index contributed by atoms with van der Waals surface area (Å²) in [6, 6.07) is 8.37. The maximum Gasteiger partial charge on any atom is 0.387 e. The summed E-state index contributed by atoms with van der Waals surface area (Å²) >= 11 is 0. The average Bonchev–Trinajstić information content (AvgIpc) is 3.31. The Hall–Kier alpha value is -3.76. The molecule has 0 atom stereocenters. The van der Waals surface area contributed by atoms with Gasteiger partial charge in [0.2, 0.25) is 0 Å². The summed E-state index contributed by atoms with van der Waals surface area (Å²) in [7, 11) is 1.16. The molecule has 1 aliphatic rings. The van der Waals surface area contributed by atoms with Crippen LogP contribution in [0.25, 0.3) is 0 Å². The number of carbonyl (C=O) groups excluding carboxylic acids is 2. The van der Waals surface area contributed by atoms with E-state index in [1.54, 1.807) is 29.2 Å². The van der Waals surface area contributed by atoms with Crippen LogP contribution in [0, 0.1) is 10.1 Å². The third-order valence-electron chi connectivity index (χ3n) is 4.99. The van der Waals surface area contributed by atoms with Crippen molar-refractivity contribution in [3.8, 4) is 11.5 Å². The van der Waals surface area contributed by atoms with Gasteiger partial charge in [-0.3, -0.25) is 19.7 Å². The summed E-state index contributed by atoms with van der Waals surface area (Å²) in [4.78, 5) is 37.2. The van der Waals surface area contributed by atoms with Crippen molar-refractivity contribution in [2.45, 2.75) is 26.0 Å². The van der Waals surface area contributed by atoms with Crippen molar-refractivity contribution < 1.29 is 32.8 Å². The number of hydrogen-bond acceptors (Lipinski definition) is 6. The molecule has 0 aromatic heterocycles. The number of rotatable bonds is 8. The largest absolute Gasteiger partial charge is 0.493 e. The molecular formula is C21H21F2N3O6. The van der Waals surface area contributed by atoms with Crippen LogP contribution in [0.5, 0.6) is 11.5 Å². The zero-order valence-corrected chi connectivity index (χ0v) is 17.2. The van der Waals surface area contributed by atoms with E-state index in [9.17, 15) is 28.5 Å². The molecule has 0 saturated carbocycles. The highest BCUT2D eigenvalue weighted by atomic mass is 19.3. The summed E-state index contributed by atoms with van der Waals surface area (Å²) < 4.78 is 34.3. The minimum Gasteiger partial charge on any atom is -0.493 e. The van der Waals surface area contributed by atoms with Crippen LogP contribution in [-0.2, 0) is 6.54 Å². The van der Waals surface area contributed by atoms with Crippen molar-refractivity contribution >= 4 is 17.5 Å². The second kappa shape index (κ2) is 10.0. The minimum absolute atomic E-state index is 0.0335. The van der Waals surface area contributed by atoms with Crippen molar-refractivity contribution in [1.82, 2.24) is 10.2 Å². The molecule has 2 amide bonds. The van der Waals surface area contributed by atoms with Crippen LogP contribution >= 0.6 is 0 Å². The SMILES string of the molecule is COc1cc(C(=O)NCc2ccc(C(=O)N3CCCC3)cc2)c([N+](=O)[O-])cc1OC(F)F. The van der Waals surface area contributed by atoms with Crippen LogP contribution in [-0.4, -0.2) is 48.4 Å². The lowest BCUT2D eigenvalue weighted by Gasteiger charge is -2.15. The monoisotopic (exact) mass is 449 g/mol. The smallest absolute Gasteiger partial charge is 0.387 e. The third-order valence-corrected chi connectivity index (χ3v) is 4.99. The Bertz CT molecular complexity index is 1010. The van der Waals surface area contributed by atoms with Gasteiger partial charge in [-0.25, -0.2) is 0 Å². The van der Waals surface area contributed by atoms with E-state index < -0.39 is 28.9 Å². The lowest BCUT2D eigenvalue weighted by Crippen LogP contribution is -2.27. The number of nitro groups is 1. The normalized spacial score (nSPS) is 13.2. The first-order valence-electron chi connectivity index (χ1n) is 9.77. The van der Waals surface area contributed by atoms with E-state index in [1.165, 1.54) is 0 Å². The molecule has 1 aliphatic heterocycles. The lowest BCUT2D eigenvalue weighted by atomic mass is 10.1. The summed E-state index contributed by atoms with van der Waals surface area (Å²) in [5.41, 5.74) is 0.139. The molecule has 170 valence electrons. The Labute approximate surface area is 182 Å². The standard InChI is InChI=1S/C21H21F2N3O6/c1-31-17-10-15(16(26(29)30)11-18(17)32-21(22)23)19(27)24-12-13-4-6-14(7-5-13)20(28)25-8-2-3-9-25/h4-7,10-11,21H,2-3,8-9,12H2,1H3,(H,24,27). The maximum atomic E-state index is 12.6. The fraction of sp³-hybridized carbons (Fsp3) is 0.333. The van der Waals surface area contributed by atoms with Crippen LogP contribution in [0.1, 0.15) is 39.1 Å². The van der Waals surface area contributed by atoms with Gasteiger partial charge in [-0.15, -0.1) is 0 Å². The number of amides is 2. The molecule has 0 bridgehead atoms. The van der Waals surface area contributed by atoms with Crippen molar-refractivity contribution in [1.29, 1.82) is 0 Å². The van der Waals surface area contributed by atoms with E-state index in [2.05, 4.69) is 10.1 Å².